The predicted molar refractivity (Wildman–Crippen MR) is 119 cm³/mol. The van der Waals surface area contributed by atoms with Crippen LogP contribution in [0.25, 0.3) is 11.1 Å². The fraction of sp³-hybridized carbons (Fsp3) is 0.174. The molecule has 0 aliphatic heterocycles. The van der Waals surface area contributed by atoms with E-state index in [0.717, 1.165) is 10.6 Å². The second kappa shape index (κ2) is 10.2. The van der Waals surface area contributed by atoms with E-state index in [4.69, 9.17) is 0 Å². The summed E-state index contributed by atoms with van der Waals surface area (Å²) in [5.74, 6) is -2.31. The predicted octanol–water partition coefficient (Wildman–Crippen LogP) is 3.99. The lowest BCUT2D eigenvalue weighted by Crippen LogP contribution is -2.36. The zero-order valence-corrected chi connectivity index (χ0v) is 18.2. The molecule has 0 saturated heterocycles. The Morgan fingerprint density at radius 2 is 1.80 bits per heavy atom. The molecule has 3 aromatic rings. The maximum Gasteiger partial charge on any atom is 0.573 e. The molecule has 0 spiro atoms. The van der Waals surface area contributed by atoms with E-state index in [9.17, 15) is 37.8 Å². The van der Waals surface area contributed by atoms with Gasteiger partial charge in [-0.3, -0.25) is 9.59 Å². The van der Waals surface area contributed by atoms with Gasteiger partial charge in [-0.25, -0.2) is 4.79 Å². The van der Waals surface area contributed by atoms with Crippen molar-refractivity contribution >= 4 is 17.7 Å². The van der Waals surface area contributed by atoms with E-state index < -0.39 is 53.6 Å². The van der Waals surface area contributed by atoms with Gasteiger partial charge < -0.3 is 30.2 Å². The van der Waals surface area contributed by atoms with Crippen LogP contribution in [0.2, 0.25) is 0 Å². The van der Waals surface area contributed by atoms with Gasteiger partial charge in [0.05, 0.1) is 12.5 Å². The van der Waals surface area contributed by atoms with Gasteiger partial charge in [0.15, 0.2) is 5.69 Å². The summed E-state index contributed by atoms with van der Waals surface area (Å²) >= 11 is 0. The second-order valence-corrected chi connectivity index (χ2v) is 7.41. The van der Waals surface area contributed by atoms with Gasteiger partial charge in [-0.2, -0.15) is 0 Å². The van der Waals surface area contributed by atoms with Crippen LogP contribution in [0.1, 0.15) is 18.0 Å². The first kappa shape index (κ1) is 25.1. The summed E-state index contributed by atoms with van der Waals surface area (Å²) in [6, 6.07) is 10.4. The number of anilines is 1. The normalized spacial score (nSPS) is 12.0. The van der Waals surface area contributed by atoms with E-state index in [-0.39, 0.29) is 11.1 Å². The molecule has 1 aromatic heterocycles. The lowest BCUT2D eigenvalue weighted by molar-refractivity contribution is -0.274. The van der Waals surface area contributed by atoms with E-state index in [2.05, 4.69) is 15.4 Å². The third kappa shape index (κ3) is 6.53. The maximum absolute atomic E-state index is 12.9. The molecule has 35 heavy (non-hydrogen) atoms. The molecule has 184 valence electrons. The Hall–Kier alpha value is -4.48. The molecule has 9 nitrogen and oxygen atoms in total. The Labute approximate surface area is 196 Å². The van der Waals surface area contributed by atoms with Gasteiger partial charge in [-0.05, 0) is 29.3 Å². The van der Waals surface area contributed by atoms with Crippen LogP contribution < -0.4 is 20.9 Å². The van der Waals surface area contributed by atoms with Crippen molar-refractivity contribution in [1.82, 2.24) is 9.88 Å². The van der Waals surface area contributed by atoms with Crippen molar-refractivity contribution in [1.29, 1.82) is 0 Å². The van der Waals surface area contributed by atoms with Gasteiger partial charge in [0, 0.05) is 18.8 Å². The van der Waals surface area contributed by atoms with Crippen LogP contribution in [0.4, 0.5) is 23.7 Å². The van der Waals surface area contributed by atoms with Crippen molar-refractivity contribution in [3.63, 3.8) is 0 Å². The number of hydrogen-bond acceptors (Lipinski definition) is 5. The zero-order valence-electron chi connectivity index (χ0n) is 18.2. The van der Waals surface area contributed by atoms with Crippen LogP contribution >= 0.6 is 0 Å². The number of carbonyl (C=O) groups is 2. The smallest absolute Gasteiger partial charge is 0.505 e. The summed E-state index contributed by atoms with van der Waals surface area (Å²) in [4.78, 5) is 36.2. The monoisotopic (exact) mass is 491 g/mol. The highest BCUT2D eigenvalue weighted by Crippen LogP contribution is 2.36. The molecule has 0 aliphatic carbocycles. The summed E-state index contributed by atoms with van der Waals surface area (Å²) in [5, 5.41) is 23.8. The number of urea groups is 1. The minimum atomic E-state index is -4.96. The molecule has 12 heteroatoms. The number of aromatic nitrogens is 1. The molecule has 0 fully saturated rings. The van der Waals surface area contributed by atoms with E-state index in [1.54, 1.807) is 30.3 Å². The molecule has 2 aromatic carbocycles. The van der Waals surface area contributed by atoms with Crippen molar-refractivity contribution in [2.45, 2.75) is 18.8 Å². The molecular weight excluding hydrogens is 471 g/mol. The number of amides is 2. The molecule has 3 rings (SSSR count). The van der Waals surface area contributed by atoms with Crippen LogP contribution in [-0.4, -0.2) is 33.1 Å². The van der Waals surface area contributed by atoms with E-state index in [1.165, 1.54) is 31.4 Å². The summed E-state index contributed by atoms with van der Waals surface area (Å²) < 4.78 is 44.0. The number of carboxylic acids is 1. The number of aliphatic carboxylic acids is 1. The number of aryl methyl sites for hydroxylation is 1. The van der Waals surface area contributed by atoms with Crippen LogP contribution in [-0.2, 0) is 11.8 Å². The Morgan fingerprint density at radius 1 is 1.11 bits per heavy atom. The number of carbonyl (C=O) groups excluding carboxylic acids is 1. The summed E-state index contributed by atoms with van der Waals surface area (Å²) in [6.45, 7) is 0. The SMILES string of the molecule is Cn1ccc(O)c(NC(=O)NC(CC(=O)O)c2ccc(OC(F)(F)F)c(-c3ccccc3)c2)c1=O. The van der Waals surface area contributed by atoms with Crippen LogP contribution in [0, 0.1) is 0 Å². The second-order valence-electron chi connectivity index (χ2n) is 7.41. The van der Waals surface area contributed by atoms with E-state index in [1.807, 2.05) is 0 Å². The lowest BCUT2D eigenvalue weighted by atomic mass is 9.97. The number of benzene rings is 2. The number of hydrogen-bond donors (Lipinski definition) is 4. The number of ether oxygens (including phenoxy) is 1. The standard InChI is InChI=1S/C23H20F3N3O6/c1-29-10-9-17(30)20(21(29)33)28-22(34)27-16(12-19(31)32)14-7-8-18(35-23(24,25)26)15(11-14)13-5-3-2-4-6-13/h2-11,16,30H,12H2,1H3,(H,31,32)(H2,27,28,34). The Balaban J connectivity index is 1.97. The summed E-state index contributed by atoms with van der Waals surface area (Å²) in [5.41, 5.74) is -0.589. The maximum atomic E-state index is 12.9. The number of halogens is 3. The van der Waals surface area contributed by atoms with Gasteiger partial charge in [-0.1, -0.05) is 36.4 Å². The van der Waals surface area contributed by atoms with Crippen molar-refractivity contribution in [2.24, 2.45) is 7.05 Å². The van der Waals surface area contributed by atoms with Gasteiger partial charge in [0.2, 0.25) is 0 Å². The molecule has 1 atom stereocenters. The lowest BCUT2D eigenvalue weighted by Gasteiger charge is -2.21. The molecule has 1 unspecified atom stereocenters. The third-order valence-corrected chi connectivity index (χ3v) is 4.89. The number of aromatic hydroxyl groups is 1. The van der Waals surface area contributed by atoms with Crippen molar-refractivity contribution in [3.8, 4) is 22.6 Å². The molecule has 0 bridgehead atoms. The number of pyridine rings is 1. The van der Waals surface area contributed by atoms with Crippen molar-refractivity contribution < 1.29 is 37.7 Å². The fourth-order valence-corrected chi connectivity index (χ4v) is 3.29. The number of nitrogens with one attached hydrogen (secondary N) is 2. The number of rotatable bonds is 7. The summed E-state index contributed by atoms with van der Waals surface area (Å²) in [6.07, 6.45) is -4.31. The Morgan fingerprint density at radius 3 is 2.43 bits per heavy atom. The molecule has 0 saturated carbocycles. The average Bonchev–Trinajstić information content (AvgIpc) is 2.78. The number of carboxylic acid groups (broad SMARTS) is 1. The third-order valence-electron chi connectivity index (χ3n) is 4.89. The van der Waals surface area contributed by atoms with Crippen molar-refractivity contribution in [2.75, 3.05) is 5.32 Å². The van der Waals surface area contributed by atoms with E-state index in [0.29, 0.717) is 5.56 Å². The largest absolute Gasteiger partial charge is 0.573 e. The fourth-order valence-electron chi connectivity index (χ4n) is 3.29. The van der Waals surface area contributed by atoms with Crippen LogP contribution in [0.15, 0.2) is 65.6 Å². The van der Waals surface area contributed by atoms with Crippen LogP contribution in [0.5, 0.6) is 11.5 Å². The molecule has 2 amide bonds. The van der Waals surface area contributed by atoms with Gasteiger partial charge in [-0.15, -0.1) is 13.2 Å². The highest BCUT2D eigenvalue weighted by atomic mass is 19.4. The van der Waals surface area contributed by atoms with Crippen molar-refractivity contribution in [3.05, 3.63) is 76.7 Å². The molecule has 0 aliphatic rings. The minimum Gasteiger partial charge on any atom is -0.505 e. The number of nitrogens with zero attached hydrogens (tertiary/aromatic N) is 1. The topological polar surface area (TPSA) is 130 Å². The van der Waals surface area contributed by atoms with Gasteiger partial charge in [0.1, 0.15) is 11.5 Å². The van der Waals surface area contributed by atoms with Crippen LogP contribution in [0.3, 0.4) is 0 Å². The molecule has 1 heterocycles. The Kier molecular flexibility index (Phi) is 7.33. The highest BCUT2D eigenvalue weighted by Gasteiger charge is 2.32. The average molecular weight is 491 g/mol. The summed E-state index contributed by atoms with van der Waals surface area (Å²) in [7, 11) is 1.40. The Bertz CT molecular complexity index is 1290. The first-order valence-electron chi connectivity index (χ1n) is 10.1. The minimum absolute atomic E-state index is 0.0209. The molecule has 0 radical (unpaired) electrons. The van der Waals surface area contributed by atoms with E-state index >= 15 is 0 Å². The van der Waals surface area contributed by atoms with Gasteiger partial charge >= 0.3 is 18.4 Å². The van der Waals surface area contributed by atoms with Gasteiger partial charge in [0.25, 0.3) is 5.56 Å². The first-order valence-corrected chi connectivity index (χ1v) is 10.1. The molecule has 4 N–H and O–H groups in total. The molecular formula is C23H20F3N3O6. The zero-order chi connectivity index (χ0) is 25.8. The first-order chi connectivity index (χ1) is 16.4. The quantitative estimate of drug-likeness (QED) is 0.396. The highest BCUT2D eigenvalue weighted by molar-refractivity contribution is 5.91. The number of alkyl halides is 3.